The molecule has 2 rings (SSSR count). The second kappa shape index (κ2) is 4.64. The summed E-state index contributed by atoms with van der Waals surface area (Å²) in [5.41, 5.74) is 0.798. The lowest BCUT2D eigenvalue weighted by atomic mass is 10.0. The van der Waals surface area contributed by atoms with Gasteiger partial charge in [0, 0.05) is 18.8 Å². The molecule has 5 nitrogen and oxygen atoms in total. The van der Waals surface area contributed by atoms with E-state index in [9.17, 15) is 9.90 Å². The zero-order valence-electron chi connectivity index (χ0n) is 11.7. The molecule has 0 saturated carbocycles. The first kappa shape index (κ1) is 13.5. The van der Waals surface area contributed by atoms with Gasteiger partial charge in [0.25, 0.3) is 0 Å². The Bertz CT molecular complexity index is 510. The van der Waals surface area contributed by atoms with Crippen molar-refractivity contribution in [1.82, 2.24) is 0 Å². The van der Waals surface area contributed by atoms with Crippen molar-refractivity contribution in [2.75, 3.05) is 25.2 Å². The van der Waals surface area contributed by atoms with Gasteiger partial charge in [-0.15, -0.1) is 0 Å². The van der Waals surface area contributed by atoms with Crippen LogP contribution in [0.1, 0.15) is 19.4 Å². The Hall–Kier alpha value is -1.91. The van der Waals surface area contributed by atoms with Crippen LogP contribution in [0.5, 0.6) is 11.5 Å². The highest BCUT2D eigenvalue weighted by Gasteiger charge is 2.33. The molecule has 5 heteroatoms. The van der Waals surface area contributed by atoms with Crippen molar-refractivity contribution in [3.63, 3.8) is 0 Å². The fourth-order valence-electron chi connectivity index (χ4n) is 1.99. The number of carboxylic acids is 1. The lowest BCUT2D eigenvalue weighted by Crippen LogP contribution is -2.48. The number of likely N-dealkylation sites (N-methyl/N-ethyl adjacent to an activating group) is 1. The third-order valence-electron chi connectivity index (χ3n) is 3.58. The van der Waals surface area contributed by atoms with E-state index in [1.54, 1.807) is 25.8 Å². The quantitative estimate of drug-likeness (QED) is 0.906. The molecule has 1 aliphatic rings. The minimum absolute atomic E-state index is 0.515. The molecule has 1 aromatic carbocycles. The standard InChI is InChI=1S/C14H19NO4/c1-9-7-11-12(19-6-5-18-11)8-10(9)15(4)14(2,3)13(16)17/h7-8H,5-6H2,1-4H3,(H,16,17). The predicted octanol–water partition coefficient (Wildman–Crippen LogP) is 2.07. The fourth-order valence-corrected chi connectivity index (χ4v) is 1.99. The molecule has 0 spiro atoms. The van der Waals surface area contributed by atoms with Crippen LogP contribution < -0.4 is 14.4 Å². The van der Waals surface area contributed by atoms with Gasteiger partial charge in [0.1, 0.15) is 18.8 Å². The first-order valence-electron chi connectivity index (χ1n) is 6.21. The van der Waals surface area contributed by atoms with Gasteiger partial charge in [-0.25, -0.2) is 4.79 Å². The number of aryl methyl sites for hydroxylation is 1. The number of fused-ring (bicyclic) bond motifs is 1. The molecule has 1 heterocycles. The third-order valence-corrected chi connectivity index (χ3v) is 3.58. The van der Waals surface area contributed by atoms with Gasteiger partial charge in [-0.3, -0.25) is 0 Å². The van der Waals surface area contributed by atoms with Gasteiger partial charge in [-0.05, 0) is 32.4 Å². The van der Waals surface area contributed by atoms with Crippen molar-refractivity contribution in [1.29, 1.82) is 0 Å². The number of carboxylic acid groups (broad SMARTS) is 1. The van der Waals surface area contributed by atoms with E-state index in [1.165, 1.54) is 0 Å². The first-order chi connectivity index (χ1) is 8.84. The van der Waals surface area contributed by atoms with E-state index < -0.39 is 11.5 Å². The van der Waals surface area contributed by atoms with E-state index in [4.69, 9.17) is 9.47 Å². The minimum Gasteiger partial charge on any atom is -0.486 e. The van der Waals surface area contributed by atoms with Gasteiger partial charge in [0.15, 0.2) is 11.5 Å². The van der Waals surface area contributed by atoms with Gasteiger partial charge in [0.2, 0.25) is 0 Å². The van der Waals surface area contributed by atoms with Crippen molar-refractivity contribution in [2.24, 2.45) is 0 Å². The maximum absolute atomic E-state index is 11.3. The molecule has 0 radical (unpaired) electrons. The summed E-state index contributed by atoms with van der Waals surface area (Å²) in [5, 5.41) is 9.30. The van der Waals surface area contributed by atoms with Crippen molar-refractivity contribution in [3.8, 4) is 11.5 Å². The summed E-state index contributed by atoms with van der Waals surface area (Å²) >= 11 is 0. The summed E-state index contributed by atoms with van der Waals surface area (Å²) in [4.78, 5) is 13.1. The Labute approximate surface area is 112 Å². The van der Waals surface area contributed by atoms with Crippen LogP contribution in [-0.4, -0.2) is 36.9 Å². The van der Waals surface area contributed by atoms with Crippen LogP contribution in [0.15, 0.2) is 12.1 Å². The van der Waals surface area contributed by atoms with E-state index in [-0.39, 0.29) is 0 Å². The molecule has 0 atom stereocenters. The zero-order valence-corrected chi connectivity index (χ0v) is 11.7. The predicted molar refractivity (Wildman–Crippen MR) is 72.3 cm³/mol. The molecular formula is C14H19NO4. The van der Waals surface area contributed by atoms with Gasteiger partial charge >= 0.3 is 5.97 Å². The molecule has 1 N–H and O–H groups in total. The lowest BCUT2D eigenvalue weighted by molar-refractivity contribution is -0.142. The van der Waals surface area contributed by atoms with Gasteiger partial charge < -0.3 is 19.5 Å². The van der Waals surface area contributed by atoms with Crippen LogP contribution in [0.25, 0.3) is 0 Å². The average Bonchev–Trinajstić information content (AvgIpc) is 2.36. The molecule has 104 valence electrons. The molecule has 0 fully saturated rings. The number of benzene rings is 1. The Morgan fingerprint density at radius 3 is 2.32 bits per heavy atom. The molecule has 0 amide bonds. The molecule has 0 aliphatic carbocycles. The average molecular weight is 265 g/mol. The number of anilines is 1. The molecular weight excluding hydrogens is 246 g/mol. The van der Waals surface area contributed by atoms with E-state index >= 15 is 0 Å². The number of hydrogen-bond donors (Lipinski definition) is 1. The maximum atomic E-state index is 11.3. The molecule has 0 unspecified atom stereocenters. The molecule has 0 saturated heterocycles. The van der Waals surface area contributed by atoms with E-state index in [0.717, 1.165) is 11.3 Å². The summed E-state index contributed by atoms with van der Waals surface area (Å²) in [6.07, 6.45) is 0. The summed E-state index contributed by atoms with van der Waals surface area (Å²) in [6.45, 7) is 6.34. The normalized spacial score (nSPS) is 14.1. The highest BCUT2D eigenvalue weighted by molar-refractivity contribution is 5.83. The summed E-state index contributed by atoms with van der Waals surface area (Å²) in [7, 11) is 1.77. The molecule has 19 heavy (non-hydrogen) atoms. The number of rotatable bonds is 3. The molecule has 1 aromatic rings. The smallest absolute Gasteiger partial charge is 0.328 e. The minimum atomic E-state index is -0.992. The van der Waals surface area contributed by atoms with Crippen LogP contribution in [0.4, 0.5) is 5.69 Å². The van der Waals surface area contributed by atoms with Gasteiger partial charge in [-0.2, -0.15) is 0 Å². The second-order valence-corrected chi connectivity index (χ2v) is 5.21. The van der Waals surface area contributed by atoms with Crippen LogP contribution in [0, 0.1) is 6.92 Å². The fraction of sp³-hybridized carbons (Fsp3) is 0.500. The first-order valence-corrected chi connectivity index (χ1v) is 6.21. The Morgan fingerprint density at radius 2 is 1.79 bits per heavy atom. The lowest BCUT2D eigenvalue weighted by Gasteiger charge is -2.35. The van der Waals surface area contributed by atoms with E-state index in [1.807, 2.05) is 19.1 Å². The van der Waals surface area contributed by atoms with Crippen molar-refractivity contribution >= 4 is 11.7 Å². The summed E-state index contributed by atoms with van der Waals surface area (Å²) < 4.78 is 11.1. The topological polar surface area (TPSA) is 59.0 Å². The van der Waals surface area contributed by atoms with Crippen molar-refractivity contribution in [3.05, 3.63) is 17.7 Å². The highest BCUT2D eigenvalue weighted by Crippen LogP contribution is 2.38. The SMILES string of the molecule is Cc1cc2c(cc1N(C)C(C)(C)C(=O)O)OCCO2. The second-order valence-electron chi connectivity index (χ2n) is 5.21. The number of nitrogens with zero attached hydrogens (tertiary/aromatic N) is 1. The highest BCUT2D eigenvalue weighted by atomic mass is 16.6. The number of aliphatic carboxylic acids is 1. The Kier molecular flexibility index (Phi) is 3.30. The van der Waals surface area contributed by atoms with Crippen molar-refractivity contribution < 1.29 is 19.4 Å². The number of carbonyl (C=O) groups is 1. The van der Waals surface area contributed by atoms with Crippen LogP contribution in [0.3, 0.4) is 0 Å². The van der Waals surface area contributed by atoms with E-state index in [2.05, 4.69) is 0 Å². The molecule has 0 bridgehead atoms. The Balaban J connectivity index is 2.42. The van der Waals surface area contributed by atoms with Crippen LogP contribution in [0.2, 0.25) is 0 Å². The Morgan fingerprint density at radius 1 is 1.26 bits per heavy atom. The number of hydrogen-bond acceptors (Lipinski definition) is 4. The largest absolute Gasteiger partial charge is 0.486 e. The van der Waals surface area contributed by atoms with Crippen molar-refractivity contribution in [2.45, 2.75) is 26.3 Å². The van der Waals surface area contributed by atoms with Gasteiger partial charge in [-0.1, -0.05) is 0 Å². The van der Waals surface area contributed by atoms with Crippen LogP contribution >= 0.6 is 0 Å². The third kappa shape index (κ3) is 2.32. The van der Waals surface area contributed by atoms with Gasteiger partial charge in [0.05, 0.1) is 0 Å². The molecule has 0 aromatic heterocycles. The maximum Gasteiger partial charge on any atom is 0.328 e. The summed E-state index contributed by atoms with van der Waals surface area (Å²) in [6, 6.07) is 3.73. The van der Waals surface area contributed by atoms with Crippen LogP contribution in [-0.2, 0) is 4.79 Å². The zero-order chi connectivity index (χ0) is 14.2. The molecule has 1 aliphatic heterocycles. The van der Waals surface area contributed by atoms with E-state index in [0.29, 0.717) is 24.7 Å². The number of ether oxygens (including phenoxy) is 2. The monoisotopic (exact) mass is 265 g/mol. The summed E-state index contributed by atoms with van der Waals surface area (Å²) in [5.74, 6) is 0.512.